The maximum Gasteiger partial charge on any atom is 0.0883 e. The second kappa shape index (κ2) is 3.62. The van der Waals surface area contributed by atoms with Gasteiger partial charge >= 0.3 is 0 Å². The first-order valence-corrected chi connectivity index (χ1v) is 6.24. The molecule has 1 unspecified atom stereocenters. The third-order valence-electron chi connectivity index (χ3n) is 4.66. The molecule has 0 heterocycles. The Kier molecular flexibility index (Phi) is 2.39. The predicted octanol–water partition coefficient (Wildman–Crippen LogP) is 3.53. The van der Waals surface area contributed by atoms with Gasteiger partial charge in [0.05, 0.1) is 5.60 Å². The third kappa shape index (κ3) is 1.56. The Hall–Kier alpha value is -0.300. The molecule has 1 heteroatoms. The van der Waals surface area contributed by atoms with E-state index in [0.29, 0.717) is 11.8 Å². The summed E-state index contributed by atoms with van der Waals surface area (Å²) in [5.41, 5.74) is -0.987. The van der Waals surface area contributed by atoms with Crippen LogP contribution < -0.4 is 0 Å². The minimum Gasteiger partial charge on any atom is -0.385 e. The lowest BCUT2D eigenvalue weighted by Crippen LogP contribution is -2.44. The van der Waals surface area contributed by atoms with Crippen molar-refractivity contribution in [3.05, 3.63) is 12.2 Å². The summed E-state index contributed by atoms with van der Waals surface area (Å²) in [7, 11) is 0. The van der Waals surface area contributed by atoms with E-state index in [2.05, 4.69) is 26.8 Å². The van der Waals surface area contributed by atoms with E-state index in [4.69, 9.17) is 1.37 Å². The molecule has 4 atom stereocenters. The van der Waals surface area contributed by atoms with E-state index < -0.39 is 5.60 Å². The highest BCUT2D eigenvalue weighted by molar-refractivity contribution is 5.17. The molecule has 86 valence electrons. The van der Waals surface area contributed by atoms with Gasteiger partial charge in [-0.05, 0) is 43.9 Å². The van der Waals surface area contributed by atoms with E-state index in [1.54, 1.807) is 0 Å². The lowest BCUT2D eigenvalue weighted by molar-refractivity contribution is -0.0415. The molecule has 0 aromatic rings. The van der Waals surface area contributed by atoms with Crippen molar-refractivity contribution in [2.75, 3.05) is 0 Å². The van der Waals surface area contributed by atoms with Gasteiger partial charge in [0.2, 0.25) is 0 Å². The quantitative estimate of drug-likeness (QED) is 0.655. The first-order chi connectivity index (χ1) is 7.42. The molecule has 0 radical (unpaired) electrons. The van der Waals surface area contributed by atoms with E-state index in [9.17, 15) is 5.11 Å². The molecule has 1 nitrogen and oxygen atoms in total. The molecule has 0 spiro atoms. The maximum absolute atomic E-state index is 10.9. The van der Waals surface area contributed by atoms with Gasteiger partial charge in [0, 0.05) is 6.79 Å². The number of rotatable bonds is 1. The van der Waals surface area contributed by atoms with Crippen LogP contribution in [0.2, 0.25) is 0 Å². The second-order valence-electron chi connectivity index (χ2n) is 5.83. The second-order valence-corrected chi connectivity index (χ2v) is 5.83. The molecular weight excluding hydrogens is 184 g/mol. The molecule has 0 saturated heterocycles. The van der Waals surface area contributed by atoms with Crippen molar-refractivity contribution in [1.29, 1.82) is 0 Å². The van der Waals surface area contributed by atoms with Crippen LogP contribution in [0.1, 0.15) is 54.2 Å². The topological polar surface area (TPSA) is 20.2 Å². The zero-order valence-electron chi connectivity index (χ0n) is 11.2. The zero-order chi connectivity index (χ0) is 12.0. The minimum absolute atomic E-state index is 0.0966. The van der Waals surface area contributed by atoms with E-state index in [0.717, 1.165) is 25.7 Å². The van der Waals surface area contributed by atoms with E-state index in [1.165, 1.54) is 0 Å². The summed E-state index contributed by atoms with van der Waals surface area (Å²) in [4.78, 5) is 0. The SMILES string of the molecule is [2H][C@H]1C[C@H](C(C)C)[C@@]2(C)CCCC=CC12O. The highest BCUT2D eigenvalue weighted by Crippen LogP contribution is 2.57. The van der Waals surface area contributed by atoms with Crippen LogP contribution in [-0.2, 0) is 0 Å². The average molecular weight is 209 g/mol. The molecule has 0 amide bonds. The Bertz CT molecular complexity index is 299. The molecule has 0 aromatic heterocycles. The highest BCUT2D eigenvalue weighted by atomic mass is 16.3. The summed E-state index contributed by atoms with van der Waals surface area (Å²) in [5, 5.41) is 10.9. The standard InChI is InChI=1S/C14H24O/c1-11(2)12-7-10-14(15)9-6-4-5-8-13(12,14)3/h6,9,11-12,15H,4-5,7-8,10H2,1-3H3/t12-,13-,14?/m1/s1/i10D/t10-,12+,13+,14?/m0. The fourth-order valence-corrected chi connectivity index (χ4v) is 3.60. The van der Waals surface area contributed by atoms with Crippen molar-refractivity contribution in [2.45, 2.75) is 58.5 Å². The maximum atomic E-state index is 10.9. The molecule has 1 fully saturated rings. The largest absolute Gasteiger partial charge is 0.385 e. The molecule has 2 rings (SSSR count). The number of hydrogen-bond donors (Lipinski definition) is 1. The van der Waals surface area contributed by atoms with E-state index in [1.807, 2.05) is 6.08 Å². The first kappa shape index (κ1) is 9.89. The van der Waals surface area contributed by atoms with Gasteiger partial charge in [-0.1, -0.05) is 32.9 Å². The molecule has 1 N–H and O–H groups in total. The number of aliphatic hydroxyl groups is 1. The number of fused-ring (bicyclic) bond motifs is 1. The van der Waals surface area contributed by atoms with Crippen LogP contribution in [0.15, 0.2) is 12.2 Å². The van der Waals surface area contributed by atoms with Crippen LogP contribution in [0.25, 0.3) is 0 Å². The van der Waals surface area contributed by atoms with Gasteiger partial charge in [0.25, 0.3) is 0 Å². The van der Waals surface area contributed by atoms with Gasteiger partial charge in [-0.3, -0.25) is 0 Å². The molecule has 1 saturated carbocycles. The van der Waals surface area contributed by atoms with Gasteiger partial charge in [-0.2, -0.15) is 0 Å². The van der Waals surface area contributed by atoms with Crippen LogP contribution in [0.4, 0.5) is 0 Å². The Labute approximate surface area is 95.0 Å². The fourth-order valence-electron chi connectivity index (χ4n) is 3.60. The van der Waals surface area contributed by atoms with Gasteiger partial charge in [0.15, 0.2) is 0 Å². The summed E-state index contributed by atoms with van der Waals surface area (Å²) >= 11 is 0. The molecule has 0 aliphatic heterocycles. The van der Waals surface area contributed by atoms with Crippen molar-refractivity contribution in [3.8, 4) is 0 Å². The van der Waals surface area contributed by atoms with Crippen LogP contribution in [0.5, 0.6) is 0 Å². The summed E-state index contributed by atoms with van der Waals surface area (Å²) in [6.07, 6.45) is 7.75. The van der Waals surface area contributed by atoms with Gasteiger partial charge in [0.1, 0.15) is 0 Å². The van der Waals surface area contributed by atoms with Crippen molar-refractivity contribution in [3.63, 3.8) is 0 Å². The van der Waals surface area contributed by atoms with Crippen LogP contribution in [-0.4, -0.2) is 10.7 Å². The average Bonchev–Trinajstić information content (AvgIpc) is 2.36. The highest BCUT2D eigenvalue weighted by Gasteiger charge is 2.55. The molecule has 0 bridgehead atoms. The Morgan fingerprint density at radius 3 is 2.93 bits per heavy atom. The summed E-state index contributed by atoms with van der Waals surface area (Å²) < 4.78 is 8.20. The Morgan fingerprint density at radius 2 is 2.27 bits per heavy atom. The smallest absolute Gasteiger partial charge is 0.0883 e. The molecular formula is C14H24O. The van der Waals surface area contributed by atoms with Crippen LogP contribution in [0, 0.1) is 17.3 Å². The molecule has 0 aromatic carbocycles. The van der Waals surface area contributed by atoms with E-state index >= 15 is 0 Å². The number of hydrogen-bond acceptors (Lipinski definition) is 1. The van der Waals surface area contributed by atoms with Crippen molar-refractivity contribution < 1.29 is 6.48 Å². The van der Waals surface area contributed by atoms with Crippen molar-refractivity contribution in [2.24, 2.45) is 17.3 Å². The van der Waals surface area contributed by atoms with Crippen LogP contribution >= 0.6 is 0 Å². The normalized spacial score (nSPS) is 51.4. The lowest BCUT2D eigenvalue weighted by Gasteiger charge is -2.42. The zero-order valence-corrected chi connectivity index (χ0v) is 10.2. The monoisotopic (exact) mass is 209 g/mol. The predicted molar refractivity (Wildman–Crippen MR) is 63.6 cm³/mol. The van der Waals surface area contributed by atoms with Gasteiger partial charge in [-0.15, -0.1) is 0 Å². The van der Waals surface area contributed by atoms with Gasteiger partial charge in [-0.25, -0.2) is 0 Å². The first-order valence-electron chi connectivity index (χ1n) is 6.82. The third-order valence-corrected chi connectivity index (χ3v) is 4.66. The fraction of sp³-hybridized carbons (Fsp3) is 0.857. The van der Waals surface area contributed by atoms with E-state index in [-0.39, 0.29) is 11.8 Å². The Balaban J connectivity index is 2.42. The lowest BCUT2D eigenvalue weighted by atomic mass is 9.65. The number of allylic oxidation sites excluding steroid dienone is 1. The van der Waals surface area contributed by atoms with Gasteiger partial charge < -0.3 is 5.11 Å². The van der Waals surface area contributed by atoms with Crippen molar-refractivity contribution >= 4 is 0 Å². The summed E-state index contributed by atoms with van der Waals surface area (Å²) in [6.45, 7) is 6.65. The molecule has 2 aliphatic rings. The minimum atomic E-state index is -0.890. The summed E-state index contributed by atoms with van der Waals surface area (Å²) in [6, 6.07) is 0. The Morgan fingerprint density at radius 1 is 1.53 bits per heavy atom. The molecule has 2 aliphatic carbocycles. The van der Waals surface area contributed by atoms with Crippen LogP contribution in [0.3, 0.4) is 0 Å². The van der Waals surface area contributed by atoms with Crippen molar-refractivity contribution in [1.82, 2.24) is 0 Å². The summed E-state index contributed by atoms with van der Waals surface area (Å²) in [5.74, 6) is 1.03. The molecule has 15 heavy (non-hydrogen) atoms.